The molecule has 0 saturated carbocycles. The molecule has 0 radical (unpaired) electrons. The number of anilines is 1. The van der Waals surface area contributed by atoms with Gasteiger partial charge < -0.3 is 11.1 Å². The van der Waals surface area contributed by atoms with Crippen LogP contribution in [0.15, 0.2) is 29.6 Å². The lowest BCUT2D eigenvalue weighted by atomic mass is 10.0. The first-order valence-corrected chi connectivity index (χ1v) is 8.96. The van der Waals surface area contributed by atoms with Crippen molar-refractivity contribution in [3.63, 3.8) is 0 Å². The number of rotatable bonds is 5. The maximum atomic E-state index is 13.2. The zero-order valence-corrected chi connectivity index (χ0v) is 14.2. The van der Waals surface area contributed by atoms with Gasteiger partial charge in [0.1, 0.15) is 11.6 Å². The molecule has 2 heterocycles. The highest BCUT2D eigenvalue weighted by Crippen LogP contribution is 2.24. The second-order valence-corrected chi connectivity index (χ2v) is 6.62. The number of aromatic nitrogens is 1. The fourth-order valence-corrected chi connectivity index (χ4v) is 3.67. The standard InChI is InChI=1S/C17H21FN4OS/c18-13-6-4-12(5-7-13)15(22-8-2-1-3-9-22)10-20-17(23)14-11-24-21-16(14)19/h4-7,11,15H,1-3,8-10H2,(H2,19,21)(H,20,23)/t15-/m0/s1. The summed E-state index contributed by atoms with van der Waals surface area (Å²) in [5, 5.41) is 4.60. The molecule has 1 aliphatic heterocycles. The third kappa shape index (κ3) is 3.91. The Hall–Kier alpha value is -1.99. The molecule has 1 atom stereocenters. The number of carbonyl (C=O) groups excluding carboxylic acids is 1. The third-order valence-corrected chi connectivity index (χ3v) is 5.03. The number of hydrogen-bond donors (Lipinski definition) is 2. The Morgan fingerprint density at radius 1 is 1.29 bits per heavy atom. The van der Waals surface area contributed by atoms with Gasteiger partial charge in [-0.05, 0) is 55.2 Å². The van der Waals surface area contributed by atoms with Crippen LogP contribution in [0.5, 0.6) is 0 Å². The van der Waals surface area contributed by atoms with Crippen LogP contribution in [0.2, 0.25) is 0 Å². The van der Waals surface area contributed by atoms with E-state index in [1.165, 1.54) is 30.1 Å². The zero-order chi connectivity index (χ0) is 16.9. The second kappa shape index (κ2) is 7.72. The van der Waals surface area contributed by atoms with E-state index < -0.39 is 0 Å². The molecule has 1 aromatic heterocycles. The first-order valence-electron chi connectivity index (χ1n) is 8.12. The van der Waals surface area contributed by atoms with Gasteiger partial charge in [-0.15, -0.1) is 0 Å². The van der Waals surface area contributed by atoms with Gasteiger partial charge in [0, 0.05) is 11.9 Å². The van der Waals surface area contributed by atoms with Crippen molar-refractivity contribution in [2.75, 3.05) is 25.4 Å². The Labute approximate surface area is 144 Å². The number of benzene rings is 1. The molecule has 7 heteroatoms. The van der Waals surface area contributed by atoms with Crippen LogP contribution in [-0.4, -0.2) is 34.8 Å². The Bertz CT molecular complexity index is 682. The van der Waals surface area contributed by atoms with Gasteiger partial charge in [-0.25, -0.2) is 4.39 Å². The van der Waals surface area contributed by atoms with Gasteiger partial charge in [0.2, 0.25) is 0 Å². The van der Waals surface area contributed by atoms with E-state index in [2.05, 4.69) is 14.6 Å². The molecule has 5 nitrogen and oxygen atoms in total. The number of likely N-dealkylation sites (tertiary alicyclic amines) is 1. The molecule has 24 heavy (non-hydrogen) atoms. The van der Waals surface area contributed by atoms with Crippen LogP contribution in [0.25, 0.3) is 0 Å². The Morgan fingerprint density at radius 2 is 2.00 bits per heavy atom. The van der Waals surface area contributed by atoms with Gasteiger partial charge in [-0.3, -0.25) is 9.69 Å². The van der Waals surface area contributed by atoms with Crippen LogP contribution in [-0.2, 0) is 0 Å². The topological polar surface area (TPSA) is 71.2 Å². The minimum Gasteiger partial charge on any atom is -0.382 e. The summed E-state index contributed by atoms with van der Waals surface area (Å²) >= 11 is 1.17. The van der Waals surface area contributed by atoms with Crippen LogP contribution in [0.1, 0.15) is 41.2 Å². The van der Waals surface area contributed by atoms with Crippen molar-refractivity contribution >= 4 is 23.3 Å². The number of nitrogens with two attached hydrogens (primary N) is 1. The number of halogens is 1. The molecule has 3 rings (SSSR count). The molecular weight excluding hydrogens is 327 g/mol. The number of nitrogens with one attached hydrogen (secondary N) is 1. The predicted molar refractivity (Wildman–Crippen MR) is 93.4 cm³/mol. The lowest BCUT2D eigenvalue weighted by Crippen LogP contribution is -2.40. The summed E-state index contributed by atoms with van der Waals surface area (Å²) < 4.78 is 17.2. The SMILES string of the molecule is Nc1nscc1C(=O)NC[C@@H](c1ccc(F)cc1)N1CCCCC1. The summed E-state index contributed by atoms with van der Waals surface area (Å²) in [7, 11) is 0. The summed E-state index contributed by atoms with van der Waals surface area (Å²) in [6, 6.07) is 6.55. The minimum absolute atomic E-state index is 0.0302. The molecule has 128 valence electrons. The normalized spacial score (nSPS) is 16.7. The van der Waals surface area contributed by atoms with Crippen molar-refractivity contribution < 1.29 is 9.18 Å². The van der Waals surface area contributed by atoms with E-state index in [1.54, 1.807) is 17.5 Å². The van der Waals surface area contributed by atoms with Crippen molar-refractivity contribution in [1.82, 2.24) is 14.6 Å². The third-order valence-electron chi connectivity index (χ3n) is 4.38. The van der Waals surface area contributed by atoms with Gasteiger partial charge in [-0.2, -0.15) is 4.37 Å². The van der Waals surface area contributed by atoms with Gasteiger partial charge in [0.15, 0.2) is 0 Å². The molecule has 0 unspecified atom stereocenters. The average molecular weight is 348 g/mol. The number of nitrogens with zero attached hydrogens (tertiary/aromatic N) is 2. The molecule has 0 spiro atoms. The van der Waals surface area contributed by atoms with Crippen LogP contribution >= 0.6 is 11.5 Å². The summed E-state index contributed by atoms with van der Waals surface area (Å²) in [5.41, 5.74) is 7.13. The summed E-state index contributed by atoms with van der Waals surface area (Å²) in [6.07, 6.45) is 3.52. The summed E-state index contributed by atoms with van der Waals surface area (Å²) in [4.78, 5) is 14.6. The number of piperidine rings is 1. The van der Waals surface area contributed by atoms with Crippen molar-refractivity contribution in [2.45, 2.75) is 25.3 Å². The lowest BCUT2D eigenvalue weighted by molar-refractivity contribution is 0.0925. The Kier molecular flexibility index (Phi) is 5.42. The second-order valence-electron chi connectivity index (χ2n) is 5.99. The maximum Gasteiger partial charge on any atom is 0.256 e. The van der Waals surface area contributed by atoms with Crippen molar-refractivity contribution in [2.24, 2.45) is 0 Å². The molecule has 1 fully saturated rings. The van der Waals surface area contributed by atoms with Crippen molar-refractivity contribution in [1.29, 1.82) is 0 Å². The van der Waals surface area contributed by atoms with Crippen LogP contribution in [0.3, 0.4) is 0 Å². The van der Waals surface area contributed by atoms with Crippen molar-refractivity contribution in [3.8, 4) is 0 Å². The van der Waals surface area contributed by atoms with E-state index in [1.807, 2.05) is 0 Å². The van der Waals surface area contributed by atoms with E-state index in [4.69, 9.17) is 5.73 Å². The quantitative estimate of drug-likeness (QED) is 0.872. The van der Waals surface area contributed by atoms with E-state index in [9.17, 15) is 9.18 Å². The molecule has 1 saturated heterocycles. The first kappa shape index (κ1) is 16.9. The average Bonchev–Trinajstić information content (AvgIpc) is 3.03. The Balaban J connectivity index is 1.73. The molecule has 3 N–H and O–H groups in total. The number of nitrogen functional groups attached to an aromatic ring is 1. The molecule has 0 aliphatic carbocycles. The molecule has 0 bridgehead atoms. The Morgan fingerprint density at radius 3 is 2.62 bits per heavy atom. The van der Waals surface area contributed by atoms with Gasteiger partial charge in [0.25, 0.3) is 5.91 Å². The monoisotopic (exact) mass is 348 g/mol. The van der Waals surface area contributed by atoms with E-state index >= 15 is 0 Å². The number of hydrogen-bond acceptors (Lipinski definition) is 5. The number of carbonyl (C=O) groups is 1. The lowest BCUT2D eigenvalue weighted by Gasteiger charge is -2.35. The smallest absolute Gasteiger partial charge is 0.256 e. The largest absolute Gasteiger partial charge is 0.382 e. The zero-order valence-electron chi connectivity index (χ0n) is 13.4. The van der Waals surface area contributed by atoms with Gasteiger partial charge in [-0.1, -0.05) is 18.6 Å². The highest BCUT2D eigenvalue weighted by Gasteiger charge is 2.23. The van der Waals surface area contributed by atoms with E-state index in [0.717, 1.165) is 31.5 Å². The van der Waals surface area contributed by atoms with Crippen LogP contribution in [0.4, 0.5) is 10.2 Å². The highest BCUT2D eigenvalue weighted by molar-refractivity contribution is 7.04. The van der Waals surface area contributed by atoms with Gasteiger partial charge in [0.05, 0.1) is 11.6 Å². The fraction of sp³-hybridized carbons (Fsp3) is 0.412. The van der Waals surface area contributed by atoms with E-state index in [0.29, 0.717) is 12.1 Å². The summed E-state index contributed by atoms with van der Waals surface area (Å²) in [6.45, 7) is 2.43. The number of amides is 1. The van der Waals surface area contributed by atoms with Crippen LogP contribution < -0.4 is 11.1 Å². The first-order chi connectivity index (χ1) is 11.6. The van der Waals surface area contributed by atoms with Gasteiger partial charge >= 0.3 is 0 Å². The molecular formula is C17H21FN4OS. The fourth-order valence-electron chi connectivity index (χ4n) is 3.07. The van der Waals surface area contributed by atoms with E-state index in [-0.39, 0.29) is 23.6 Å². The molecule has 1 amide bonds. The minimum atomic E-state index is -0.252. The molecule has 1 aliphatic rings. The summed E-state index contributed by atoms with van der Waals surface area (Å²) in [5.74, 6) is -0.212. The van der Waals surface area contributed by atoms with Crippen LogP contribution in [0, 0.1) is 5.82 Å². The van der Waals surface area contributed by atoms with Crippen molar-refractivity contribution in [3.05, 3.63) is 46.6 Å². The molecule has 2 aromatic rings. The molecule has 1 aromatic carbocycles. The maximum absolute atomic E-state index is 13.2. The predicted octanol–water partition coefficient (Wildman–Crippen LogP) is 2.82. The highest BCUT2D eigenvalue weighted by atomic mass is 32.1.